The van der Waals surface area contributed by atoms with Gasteiger partial charge in [-0.15, -0.1) is 0 Å². The van der Waals surface area contributed by atoms with Gasteiger partial charge in [0.2, 0.25) is 0 Å². The standard InChI is InChI=1S/C23H25F3N4O3/c1-32-19-10-16(11-20(33-2)21(19)22(31)28-12-23(24,25)26)30-13-29-17-9-15(3-4-18(17)30)14-5-7-27-8-6-14/h3-4,9-11,13-14,27H,5-8,12H2,1-2H3,(H,28,31). The van der Waals surface area contributed by atoms with Gasteiger partial charge in [-0.1, -0.05) is 6.07 Å². The van der Waals surface area contributed by atoms with Gasteiger partial charge in [0.05, 0.1) is 30.9 Å². The van der Waals surface area contributed by atoms with Crippen LogP contribution in [0.25, 0.3) is 16.7 Å². The van der Waals surface area contributed by atoms with Gasteiger partial charge in [-0.2, -0.15) is 13.2 Å². The van der Waals surface area contributed by atoms with E-state index in [1.165, 1.54) is 19.8 Å². The summed E-state index contributed by atoms with van der Waals surface area (Å²) in [5, 5.41) is 5.23. The Bertz CT molecular complexity index is 1130. The Morgan fingerprint density at radius 2 is 1.82 bits per heavy atom. The molecule has 2 N–H and O–H groups in total. The van der Waals surface area contributed by atoms with Crippen molar-refractivity contribution in [3.63, 3.8) is 0 Å². The molecule has 176 valence electrons. The zero-order valence-electron chi connectivity index (χ0n) is 18.3. The van der Waals surface area contributed by atoms with Crippen LogP contribution < -0.4 is 20.1 Å². The van der Waals surface area contributed by atoms with E-state index < -0.39 is 18.6 Å². The molecule has 0 saturated carbocycles. The summed E-state index contributed by atoms with van der Waals surface area (Å²) in [6, 6.07) is 9.35. The molecule has 4 rings (SSSR count). The van der Waals surface area contributed by atoms with Crippen LogP contribution >= 0.6 is 0 Å². The van der Waals surface area contributed by atoms with Crippen LogP contribution in [-0.4, -0.2) is 55.5 Å². The Kier molecular flexibility index (Phi) is 6.46. The van der Waals surface area contributed by atoms with E-state index in [2.05, 4.69) is 22.4 Å². The highest BCUT2D eigenvalue weighted by molar-refractivity contribution is 6.00. The number of carbonyl (C=O) groups is 1. The maximum Gasteiger partial charge on any atom is 0.405 e. The molecule has 1 saturated heterocycles. The van der Waals surface area contributed by atoms with Gasteiger partial charge in [-0.05, 0) is 49.5 Å². The summed E-state index contributed by atoms with van der Waals surface area (Å²) in [6.45, 7) is 0.546. The number of rotatable bonds is 6. The topological polar surface area (TPSA) is 77.4 Å². The van der Waals surface area contributed by atoms with Crippen LogP contribution in [0.1, 0.15) is 34.7 Å². The van der Waals surface area contributed by atoms with Gasteiger partial charge >= 0.3 is 6.18 Å². The molecule has 0 bridgehead atoms. The van der Waals surface area contributed by atoms with Gasteiger partial charge in [0.25, 0.3) is 5.91 Å². The lowest BCUT2D eigenvalue weighted by Gasteiger charge is -2.23. The third kappa shape index (κ3) is 4.90. The number of methoxy groups -OCH3 is 2. The zero-order valence-corrected chi connectivity index (χ0v) is 18.3. The molecular formula is C23H25F3N4O3. The Morgan fingerprint density at radius 1 is 1.15 bits per heavy atom. The van der Waals surface area contributed by atoms with E-state index in [0.29, 0.717) is 11.6 Å². The van der Waals surface area contributed by atoms with E-state index >= 15 is 0 Å². The summed E-state index contributed by atoms with van der Waals surface area (Å²) in [5.41, 5.74) is 3.43. The Labute approximate surface area is 188 Å². The monoisotopic (exact) mass is 462 g/mol. The van der Waals surface area contributed by atoms with Crippen molar-refractivity contribution in [2.24, 2.45) is 0 Å². The summed E-state index contributed by atoms with van der Waals surface area (Å²) >= 11 is 0. The second-order valence-electron chi connectivity index (χ2n) is 7.91. The predicted octanol–water partition coefficient (Wildman–Crippen LogP) is 3.80. The fourth-order valence-corrected chi connectivity index (χ4v) is 4.17. The first kappa shape index (κ1) is 22.9. The van der Waals surface area contributed by atoms with Gasteiger partial charge in [-0.3, -0.25) is 9.36 Å². The fraction of sp³-hybridized carbons (Fsp3) is 0.391. The number of carbonyl (C=O) groups excluding carboxylic acids is 1. The average molecular weight is 462 g/mol. The predicted molar refractivity (Wildman–Crippen MR) is 117 cm³/mol. The first-order valence-corrected chi connectivity index (χ1v) is 10.6. The van der Waals surface area contributed by atoms with E-state index in [1.54, 1.807) is 18.5 Å². The number of nitrogens with zero attached hydrogens (tertiary/aromatic N) is 2. The van der Waals surface area contributed by atoms with E-state index in [1.807, 2.05) is 16.0 Å². The molecule has 10 heteroatoms. The van der Waals surface area contributed by atoms with Crippen molar-refractivity contribution in [2.45, 2.75) is 24.9 Å². The van der Waals surface area contributed by atoms with Crippen LogP contribution in [0.5, 0.6) is 11.5 Å². The molecule has 7 nitrogen and oxygen atoms in total. The van der Waals surface area contributed by atoms with Crippen LogP contribution in [0.3, 0.4) is 0 Å². The number of halogens is 3. The Hall–Kier alpha value is -3.27. The molecule has 0 spiro atoms. The van der Waals surface area contributed by atoms with Crippen LogP contribution in [0.15, 0.2) is 36.7 Å². The number of piperidine rings is 1. The second-order valence-corrected chi connectivity index (χ2v) is 7.91. The van der Waals surface area contributed by atoms with Crippen molar-refractivity contribution < 1.29 is 27.4 Å². The molecule has 1 aliphatic rings. The summed E-state index contributed by atoms with van der Waals surface area (Å²) in [4.78, 5) is 17.0. The van der Waals surface area contributed by atoms with Crippen molar-refractivity contribution in [2.75, 3.05) is 33.9 Å². The zero-order chi connectivity index (χ0) is 23.6. The number of aromatic nitrogens is 2. The number of alkyl halides is 3. The van der Waals surface area contributed by atoms with Crippen LogP contribution in [0, 0.1) is 0 Å². The molecule has 1 aromatic heterocycles. The SMILES string of the molecule is COc1cc(-n2cnc3cc(C4CCNCC4)ccc32)cc(OC)c1C(=O)NCC(F)(F)F. The van der Waals surface area contributed by atoms with E-state index in [4.69, 9.17) is 9.47 Å². The summed E-state index contributed by atoms with van der Waals surface area (Å²) in [5.74, 6) is -0.250. The van der Waals surface area contributed by atoms with Crippen molar-refractivity contribution in [1.29, 1.82) is 0 Å². The number of fused-ring (bicyclic) bond motifs is 1. The summed E-state index contributed by atoms with van der Waals surface area (Å²) < 4.78 is 50.1. The quantitative estimate of drug-likeness (QED) is 0.583. The number of hydrogen-bond acceptors (Lipinski definition) is 5. The molecular weight excluding hydrogens is 437 g/mol. The third-order valence-corrected chi connectivity index (χ3v) is 5.83. The van der Waals surface area contributed by atoms with Gasteiger partial charge in [0.1, 0.15) is 29.9 Å². The van der Waals surface area contributed by atoms with Crippen LogP contribution in [0.2, 0.25) is 0 Å². The van der Waals surface area contributed by atoms with Gasteiger partial charge in [-0.25, -0.2) is 4.98 Å². The highest BCUT2D eigenvalue weighted by atomic mass is 19.4. The highest BCUT2D eigenvalue weighted by Crippen LogP contribution is 2.34. The first-order valence-electron chi connectivity index (χ1n) is 10.6. The van der Waals surface area contributed by atoms with Crippen molar-refractivity contribution in [3.8, 4) is 17.2 Å². The molecule has 1 fully saturated rings. The molecule has 0 radical (unpaired) electrons. The van der Waals surface area contributed by atoms with E-state index in [0.717, 1.165) is 37.0 Å². The van der Waals surface area contributed by atoms with E-state index in [9.17, 15) is 18.0 Å². The van der Waals surface area contributed by atoms with E-state index in [-0.39, 0.29) is 17.1 Å². The molecule has 33 heavy (non-hydrogen) atoms. The minimum absolute atomic E-state index is 0.0946. The van der Waals surface area contributed by atoms with Gasteiger partial charge in [0.15, 0.2) is 0 Å². The van der Waals surface area contributed by atoms with Gasteiger partial charge in [0, 0.05) is 12.1 Å². The smallest absolute Gasteiger partial charge is 0.405 e. The lowest BCUT2D eigenvalue weighted by Crippen LogP contribution is -2.34. The molecule has 0 unspecified atom stereocenters. The average Bonchev–Trinajstić information content (AvgIpc) is 3.25. The lowest BCUT2D eigenvalue weighted by molar-refractivity contribution is -0.123. The number of nitrogens with one attached hydrogen (secondary N) is 2. The van der Waals surface area contributed by atoms with Crippen molar-refractivity contribution in [1.82, 2.24) is 20.2 Å². The van der Waals surface area contributed by atoms with Crippen molar-refractivity contribution >= 4 is 16.9 Å². The molecule has 1 aliphatic heterocycles. The minimum atomic E-state index is -4.53. The fourth-order valence-electron chi connectivity index (χ4n) is 4.17. The normalized spacial score (nSPS) is 14.9. The van der Waals surface area contributed by atoms with Crippen LogP contribution in [0.4, 0.5) is 13.2 Å². The molecule has 0 aliphatic carbocycles. The molecule has 2 heterocycles. The molecule has 1 amide bonds. The molecule has 2 aromatic carbocycles. The Morgan fingerprint density at radius 3 is 2.42 bits per heavy atom. The number of amides is 1. The van der Waals surface area contributed by atoms with Gasteiger partial charge < -0.3 is 20.1 Å². The largest absolute Gasteiger partial charge is 0.496 e. The second kappa shape index (κ2) is 9.30. The first-order chi connectivity index (χ1) is 15.8. The maximum absolute atomic E-state index is 12.6. The van der Waals surface area contributed by atoms with Crippen molar-refractivity contribution in [3.05, 3.63) is 47.8 Å². The third-order valence-electron chi connectivity index (χ3n) is 5.83. The van der Waals surface area contributed by atoms with Crippen LogP contribution in [-0.2, 0) is 0 Å². The highest BCUT2D eigenvalue weighted by Gasteiger charge is 2.30. The maximum atomic E-state index is 12.6. The number of benzene rings is 2. The summed E-state index contributed by atoms with van der Waals surface area (Å²) in [7, 11) is 2.69. The molecule has 3 aromatic rings. The lowest BCUT2D eigenvalue weighted by atomic mass is 9.90. The number of hydrogen-bond donors (Lipinski definition) is 2. The molecule has 0 atom stereocenters. The Balaban J connectivity index is 1.69. The number of imidazole rings is 1. The minimum Gasteiger partial charge on any atom is -0.496 e. The summed E-state index contributed by atoms with van der Waals surface area (Å²) in [6.07, 6.45) is -0.704. The number of ether oxygens (including phenoxy) is 2.